The van der Waals surface area contributed by atoms with Gasteiger partial charge in [0.1, 0.15) is 0 Å². The number of benzene rings is 1. The maximum atomic E-state index is 12.8. The minimum Gasteiger partial charge on any atom is -0.299 e. The third-order valence-corrected chi connectivity index (χ3v) is 7.37. The Kier molecular flexibility index (Phi) is 5.27. The van der Waals surface area contributed by atoms with E-state index in [4.69, 9.17) is 0 Å². The summed E-state index contributed by atoms with van der Waals surface area (Å²) in [7, 11) is 0. The van der Waals surface area contributed by atoms with Crippen LogP contribution in [0.4, 0.5) is 4.79 Å². The van der Waals surface area contributed by atoms with Crippen LogP contribution in [0.25, 0.3) is 0 Å². The van der Waals surface area contributed by atoms with E-state index in [0.29, 0.717) is 18.0 Å². The Bertz CT molecular complexity index is 1040. The van der Waals surface area contributed by atoms with Crippen LogP contribution in [-0.2, 0) is 17.9 Å². The number of nitrogens with zero attached hydrogens (tertiary/aromatic N) is 3. The van der Waals surface area contributed by atoms with Gasteiger partial charge in [-0.3, -0.25) is 19.8 Å². The normalized spacial score (nSPS) is 20.4. The second kappa shape index (κ2) is 8.09. The molecule has 0 atom stereocenters. The molecule has 5 rings (SSSR count). The fraction of sp³-hybridized carbons (Fsp3) is 0.435. The molecule has 3 aliphatic heterocycles. The van der Waals surface area contributed by atoms with Gasteiger partial charge in [-0.05, 0) is 73.0 Å². The van der Waals surface area contributed by atoms with Crippen molar-refractivity contribution in [3.8, 4) is 0 Å². The highest BCUT2D eigenvalue weighted by Gasteiger charge is 2.37. The molecule has 1 aromatic carbocycles. The van der Waals surface area contributed by atoms with Crippen LogP contribution in [0.2, 0.25) is 0 Å². The topological polar surface area (TPSA) is 73.0 Å². The van der Waals surface area contributed by atoms with Crippen LogP contribution >= 0.6 is 11.3 Å². The Balaban J connectivity index is 1.22. The average molecular weight is 439 g/mol. The van der Waals surface area contributed by atoms with Crippen molar-refractivity contribution in [3.05, 3.63) is 56.8 Å². The first-order valence-electron chi connectivity index (χ1n) is 10.8. The molecule has 0 spiro atoms. The molecule has 0 radical (unpaired) electrons. The summed E-state index contributed by atoms with van der Waals surface area (Å²) in [6.07, 6.45) is 2.56. The highest BCUT2D eigenvalue weighted by molar-refractivity contribution is 7.10. The van der Waals surface area contributed by atoms with Crippen molar-refractivity contribution in [2.24, 2.45) is 0 Å². The van der Waals surface area contributed by atoms with E-state index in [2.05, 4.69) is 34.7 Å². The Morgan fingerprint density at radius 1 is 1.06 bits per heavy atom. The van der Waals surface area contributed by atoms with Crippen LogP contribution in [0.5, 0.6) is 0 Å². The van der Waals surface area contributed by atoms with E-state index in [-0.39, 0.29) is 24.8 Å². The molecule has 31 heavy (non-hydrogen) atoms. The summed E-state index contributed by atoms with van der Waals surface area (Å²) in [6, 6.07) is 7.79. The molecule has 3 aliphatic rings. The van der Waals surface area contributed by atoms with Gasteiger partial charge in [-0.1, -0.05) is 12.1 Å². The maximum Gasteiger partial charge on any atom is 0.342 e. The van der Waals surface area contributed by atoms with Crippen molar-refractivity contribution in [3.63, 3.8) is 0 Å². The summed E-state index contributed by atoms with van der Waals surface area (Å²) in [5, 5.41) is 7.38. The van der Waals surface area contributed by atoms with E-state index in [0.717, 1.165) is 25.2 Å². The largest absolute Gasteiger partial charge is 0.342 e. The second-order valence-corrected chi connectivity index (χ2v) is 9.74. The third-order valence-electron chi connectivity index (χ3n) is 6.49. The first-order valence-corrected chi connectivity index (χ1v) is 11.7. The van der Waals surface area contributed by atoms with Gasteiger partial charge in [-0.25, -0.2) is 14.8 Å². The number of hydrogen-bond donors (Lipinski definition) is 1. The number of aryl methyl sites for hydroxylation is 1. The third kappa shape index (κ3) is 3.97. The molecule has 4 heterocycles. The predicted octanol–water partition coefficient (Wildman–Crippen LogP) is 3.25. The van der Waals surface area contributed by atoms with Crippen LogP contribution in [0.15, 0.2) is 29.6 Å². The van der Waals surface area contributed by atoms with Gasteiger partial charge in [0.25, 0.3) is 5.91 Å². The lowest BCUT2D eigenvalue weighted by molar-refractivity contribution is -0.123. The molecular weight excluding hydrogens is 412 g/mol. The molecule has 7 nitrogen and oxygen atoms in total. The summed E-state index contributed by atoms with van der Waals surface area (Å²) in [5.74, 6) is 0.179. The molecule has 0 unspecified atom stereocenters. The van der Waals surface area contributed by atoms with Crippen molar-refractivity contribution < 1.29 is 14.4 Å². The zero-order chi connectivity index (χ0) is 21.5. The van der Waals surface area contributed by atoms with Gasteiger partial charge in [-0.2, -0.15) is 0 Å². The van der Waals surface area contributed by atoms with Gasteiger partial charge < -0.3 is 0 Å². The molecule has 8 heteroatoms. The predicted molar refractivity (Wildman–Crippen MR) is 117 cm³/mol. The van der Waals surface area contributed by atoms with E-state index in [9.17, 15) is 14.4 Å². The Hall–Kier alpha value is -2.71. The number of likely N-dealkylation sites (tertiary alicyclic amines) is 1. The fourth-order valence-electron chi connectivity index (χ4n) is 4.80. The molecule has 0 saturated carbocycles. The van der Waals surface area contributed by atoms with Crippen LogP contribution in [0.1, 0.15) is 57.1 Å². The number of carbonyl (C=O) groups is 3. The number of amides is 4. The smallest absolute Gasteiger partial charge is 0.299 e. The maximum absolute atomic E-state index is 12.8. The number of carbonyl (C=O) groups excluding carboxylic acids is 3. The quantitative estimate of drug-likeness (QED) is 0.795. The van der Waals surface area contributed by atoms with Crippen LogP contribution < -0.4 is 5.32 Å². The van der Waals surface area contributed by atoms with E-state index in [1.54, 1.807) is 0 Å². The fourth-order valence-corrected chi connectivity index (χ4v) is 5.58. The number of rotatable bonds is 4. The summed E-state index contributed by atoms with van der Waals surface area (Å²) < 4.78 is 0. The number of hydrazine groups is 1. The van der Waals surface area contributed by atoms with Crippen molar-refractivity contribution in [1.29, 1.82) is 0 Å². The molecular formula is C23H26N4O3S. The van der Waals surface area contributed by atoms with E-state index >= 15 is 0 Å². The van der Waals surface area contributed by atoms with Crippen molar-refractivity contribution >= 4 is 29.2 Å². The Morgan fingerprint density at radius 3 is 2.58 bits per heavy atom. The SMILES string of the molecule is Cc1cc(C2CCN(Cc3ccc4c(c3)CN(N3CCC(=O)NC3=O)C4=O)CC2)cs1. The van der Waals surface area contributed by atoms with E-state index in [1.807, 2.05) is 23.5 Å². The molecule has 0 bridgehead atoms. The summed E-state index contributed by atoms with van der Waals surface area (Å²) in [5.41, 5.74) is 4.26. The molecule has 2 fully saturated rings. The minimum atomic E-state index is -0.527. The van der Waals surface area contributed by atoms with Gasteiger partial charge in [0, 0.05) is 23.4 Å². The number of urea groups is 1. The highest BCUT2D eigenvalue weighted by atomic mass is 32.1. The summed E-state index contributed by atoms with van der Waals surface area (Å²) in [6.45, 7) is 5.78. The molecule has 1 aromatic heterocycles. The first-order chi connectivity index (χ1) is 15.0. The van der Waals surface area contributed by atoms with Gasteiger partial charge in [0.2, 0.25) is 5.91 Å². The number of hydrogen-bond acceptors (Lipinski definition) is 5. The first kappa shape index (κ1) is 20.2. The van der Waals surface area contributed by atoms with Gasteiger partial charge in [0.15, 0.2) is 0 Å². The van der Waals surface area contributed by atoms with E-state index in [1.165, 1.54) is 38.9 Å². The number of thiophene rings is 1. The number of imide groups is 1. The second-order valence-electron chi connectivity index (χ2n) is 8.62. The molecule has 1 N–H and O–H groups in total. The standard InChI is InChI=1S/C23H26N4O3S/c1-15-10-19(14-31-15)17-4-7-25(8-5-17)12-16-2-3-20-18(11-16)13-27(22(20)29)26-9-6-21(28)24-23(26)30/h2-3,10-11,14,17H,4-9,12-13H2,1H3,(H,24,28,30). The average Bonchev–Trinajstić information content (AvgIpc) is 3.32. The lowest BCUT2D eigenvalue weighted by Crippen LogP contribution is -2.56. The lowest BCUT2D eigenvalue weighted by atomic mass is 9.91. The van der Waals surface area contributed by atoms with E-state index < -0.39 is 6.03 Å². The van der Waals surface area contributed by atoms with Crippen LogP contribution in [0.3, 0.4) is 0 Å². The van der Waals surface area contributed by atoms with Crippen molar-refractivity contribution in [1.82, 2.24) is 20.2 Å². The summed E-state index contributed by atoms with van der Waals surface area (Å²) >= 11 is 1.83. The molecule has 0 aliphatic carbocycles. The van der Waals surface area contributed by atoms with Crippen molar-refractivity contribution in [2.45, 2.75) is 45.2 Å². The Morgan fingerprint density at radius 2 is 1.87 bits per heavy atom. The number of piperidine rings is 1. The molecule has 2 aromatic rings. The van der Waals surface area contributed by atoms with Crippen LogP contribution in [0, 0.1) is 6.92 Å². The van der Waals surface area contributed by atoms with Crippen molar-refractivity contribution in [2.75, 3.05) is 19.6 Å². The minimum absolute atomic E-state index is 0.182. The molecule has 4 amide bonds. The zero-order valence-corrected chi connectivity index (χ0v) is 18.4. The lowest BCUT2D eigenvalue weighted by Gasteiger charge is -2.33. The van der Waals surface area contributed by atoms with Gasteiger partial charge in [0.05, 0.1) is 13.1 Å². The van der Waals surface area contributed by atoms with Gasteiger partial charge >= 0.3 is 6.03 Å². The number of nitrogens with one attached hydrogen (secondary N) is 1. The molecule has 2 saturated heterocycles. The zero-order valence-electron chi connectivity index (χ0n) is 17.6. The Labute approximate surface area is 185 Å². The highest BCUT2D eigenvalue weighted by Crippen LogP contribution is 2.32. The summed E-state index contributed by atoms with van der Waals surface area (Å²) in [4.78, 5) is 40.2. The number of fused-ring (bicyclic) bond motifs is 1. The molecule has 162 valence electrons. The van der Waals surface area contributed by atoms with Gasteiger partial charge in [-0.15, -0.1) is 11.3 Å². The monoisotopic (exact) mass is 438 g/mol. The van der Waals surface area contributed by atoms with Crippen LogP contribution in [-0.4, -0.2) is 52.4 Å².